The van der Waals surface area contributed by atoms with Crippen molar-refractivity contribution in [3.63, 3.8) is 0 Å². The van der Waals surface area contributed by atoms with Crippen molar-refractivity contribution in [2.24, 2.45) is 0 Å². The molecular weight excluding hydrogens is 256 g/mol. The maximum Gasteiger partial charge on any atom is 0.328 e. The lowest BCUT2D eigenvalue weighted by Gasteiger charge is -2.04. The van der Waals surface area contributed by atoms with Crippen LogP contribution in [0.15, 0.2) is 15.8 Å². The Morgan fingerprint density at radius 2 is 2.06 bits per heavy atom. The Morgan fingerprint density at radius 1 is 1.44 bits per heavy atom. The summed E-state index contributed by atoms with van der Waals surface area (Å²) in [5.41, 5.74) is -1.35. The third kappa shape index (κ3) is 3.21. The summed E-state index contributed by atoms with van der Waals surface area (Å²) in [6.07, 6.45) is 1.13. The minimum Gasteiger partial charge on any atom is -0.298 e. The van der Waals surface area contributed by atoms with Crippen molar-refractivity contribution >= 4 is 21.4 Å². The van der Waals surface area contributed by atoms with Gasteiger partial charge in [-0.3, -0.25) is 14.3 Å². The lowest BCUT2D eigenvalue weighted by molar-refractivity contribution is 0.586. The van der Waals surface area contributed by atoms with Crippen LogP contribution in [-0.4, -0.2) is 29.5 Å². The second kappa shape index (κ2) is 4.84. The van der Waals surface area contributed by atoms with E-state index in [1.165, 1.54) is 6.92 Å². The van der Waals surface area contributed by atoms with Crippen LogP contribution in [0.1, 0.15) is 6.92 Å². The maximum absolute atomic E-state index is 11.3. The van der Waals surface area contributed by atoms with Crippen LogP contribution in [0.25, 0.3) is 0 Å². The molecule has 0 saturated heterocycles. The minimum atomic E-state index is -3.15. The van der Waals surface area contributed by atoms with E-state index >= 15 is 0 Å². The molecule has 1 N–H and O–H groups in total. The first kappa shape index (κ1) is 13.0. The van der Waals surface area contributed by atoms with Gasteiger partial charge in [0.1, 0.15) is 5.02 Å². The number of nitrogens with zero attached hydrogens (tertiary/aromatic N) is 1. The van der Waals surface area contributed by atoms with Crippen LogP contribution < -0.4 is 11.2 Å². The third-order valence-electron chi connectivity index (χ3n) is 2.05. The fourth-order valence-electron chi connectivity index (χ4n) is 1.03. The summed E-state index contributed by atoms with van der Waals surface area (Å²) in [5, 5.41) is -0.145. The van der Waals surface area contributed by atoms with Gasteiger partial charge in [0.25, 0.3) is 5.56 Å². The van der Waals surface area contributed by atoms with Crippen LogP contribution in [0.4, 0.5) is 0 Å². The summed E-state index contributed by atoms with van der Waals surface area (Å²) in [5.74, 6) is -0.148. The Labute approximate surface area is 96.8 Å². The molecule has 0 fully saturated rings. The number of hydrogen-bond donors (Lipinski definition) is 1. The maximum atomic E-state index is 11.3. The van der Waals surface area contributed by atoms with Gasteiger partial charge in [0, 0.05) is 18.5 Å². The molecule has 1 heterocycles. The number of hydrogen-bond acceptors (Lipinski definition) is 4. The van der Waals surface area contributed by atoms with Crippen LogP contribution in [0, 0.1) is 0 Å². The fraction of sp³-hybridized carbons (Fsp3) is 0.500. The number of aryl methyl sites for hydroxylation is 1. The van der Waals surface area contributed by atoms with Crippen molar-refractivity contribution < 1.29 is 8.42 Å². The number of H-pyrrole nitrogens is 1. The minimum absolute atomic E-state index is 0.0127. The van der Waals surface area contributed by atoms with Crippen molar-refractivity contribution in [2.45, 2.75) is 13.5 Å². The van der Waals surface area contributed by atoms with E-state index < -0.39 is 21.1 Å². The highest BCUT2D eigenvalue weighted by Crippen LogP contribution is 1.97. The molecule has 0 saturated carbocycles. The number of halogens is 1. The molecule has 0 atom stereocenters. The molecule has 16 heavy (non-hydrogen) atoms. The average Bonchev–Trinajstić information content (AvgIpc) is 2.22. The van der Waals surface area contributed by atoms with Crippen LogP contribution in [0.3, 0.4) is 0 Å². The second-order valence-electron chi connectivity index (χ2n) is 3.17. The van der Waals surface area contributed by atoms with Gasteiger partial charge in [-0.15, -0.1) is 0 Å². The Balaban J connectivity index is 2.96. The van der Waals surface area contributed by atoms with Gasteiger partial charge in [-0.1, -0.05) is 18.5 Å². The number of aromatic amines is 1. The van der Waals surface area contributed by atoms with Gasteiger partial charge in [0.15, 0.2) is 9.84 Å². The molecule has 0 aliphatic heterocycles. The molecule has 8 heteroatoms. The first-order valence-electron chi connectivity index (χ1n) is 4.55. The van der Waals surface area contributed by atoms with Crippen LogP contribution in [-0.2, 0) is 16.4 Å². The van der Waals surface area contributed by atoms with Crippen LogP contribution in [0.5, 0.6) is 0 Å². The molecule has 1 aromatic rings. The van der Waals surface area contributed by atoms with E-state index in [-0.39, 0.29) is 23.1 Å². The van der Waals surface area contributed by atoms with Gasteiger partial charge in [0.05, 0.1) is 5.75 Å². The van der Waals surface area contributed by atoms with Crippen molar-refractivity contribution in [1.82, 2.24) is 9.55 Å². The normalized spacial score (nSPS) is 11.6. The van der Waals surface area contributed by atoms with E-state index in [2.05, 4.69) is 0 Å². The summed E-state index contributed by atoms with van der Waals surface area (Å²) < 4.78 is 23.5. The Morgan fingerprint density at radius 3 is 2.62 bits per heavy atom. The van der Waals surface area contributed by atoms with Gasteiger partial charge in [-0.05, 0) is 0 Å². The number of aromatic nitrogens is 2. The van der Waals surface area contributed by atoms with Crippen LogP contribution in [0.2, 0.25) is 5.02 Å². The molecule has 0 aliphatic rings. The zero-order valence-electron chi connectivity index (χ0n) is 8.57. The summed E-state index contributed by atoms with van der Waals surface area (Å²) in [7, 11) is -3.15. The molecule has 0 amide bonds. The van der Waals surface area contributed by atoms with Crippen molar-refractivity contribution in [3.8, 4) is 0 Å². The Bertz CT molecular complexity index is 587. The smallest absolute Gasteiger partial charge is 0.298 e. The Hall–Kier alpha value is -1.08. The Kier molecular flexibility index (Phi) is 3.93. The third-order valence-corrected chi connectivity index (χ3v) is 4.00. The van der Waals surface area contributed by atoms with Crippen LogP contribution >= 0.6 is 11.6 Å². The molecule has 0 bridgehead atoms. The van der Waals surface area contributed by atoms with Gasteiger partial charge in [-0.2, -0.15) is 0 Å². The zero-order chi connectivity index (χ0) is 12.3. The lowest BCUT2D eigenvalue weighted by atomic mass is 10.6. The molecule has 0 radical (unpaired) electrons. The topological polar surface area (TPSA) is 89.0 Å². The van der Waals surface area contributed by atoms with E-state index in [9.17, 15) is 18.0 Å². The summed E-state index contributed by atoms with van der Waals surface area (Å²) in [4.78, 5) is 24.2. The lowest BCUT2D eigenvalue weighted by Crippen LogP contribution is -2.31. The number of nitrogens with one attached hydrogen (secondary N) is 1. The monoisotopic (exact) mass is 266 g/mol. The highest BCUT2D eigenvalue weighted by atomic mass is 35.5. The van der Waals surface area contributed by atoms with E-state index in [0.717, 1.165) is 10.8 Å². The molecule has 0 spiro atoms. The fourth-order valence-corrected chi connectivity index (χ4v) is 1.96. The van der Waals surface area contributed by atoms with Gasteiger partial charge < -0.3 is 0 Å². The van der Waals surface area contributed by atoms with Gasteiger partial charge in [-0.25, -0.2) is 13.2 Å². The predicted octanol–water partition coefficient (Wildman–Crippen LogP) is -0.375. The summed E-state index contributed by atoms with van der Waals surface area (Å²) >= 11 is 5.52. The highest BCUT2D eigenvalue weighted by molar-refractivity contribution is 7.91. The van der Waals surface area contributed by atoms with E-state index in [1.807, 2.05) is 4.98 Å². The average molecular weight is 267 g/mol. The zero-order valence-corrected chi connectivity index (χ0v) is 10.1. The largest absolute Gasteiger partial charge is 0.328 e. The predicted molar refractivity (Wildman–Crippen MR) is 60.7 cm³/mol. The molecule has 1 rings (SSSR count). The molecule has 0 unspecified atom stereocenters. The SMILES string of the molecule is CCS(=O)(=O)CCn1cc(Cl)c(=O)[nH]c1=O. The highest BCUT2D eigenvalue weighted by Gasteiger charge is 2.09. The van der Waals surface area contributed by atoms with E-state index in [1.54, 1.807) is 0 Å². The first-order chi connectivity index (χ1) is 7.35. The summed E-state index contributed by atoms with van der Waals surface area (Å²) in [6, 6.07) is 0. The molecular formula is C8H11ClN2O4S. The molecule has 0 aliphatic carbocycles. The van der Waals surface area contributed by atoms with E-state index in [4.69, 9.17) is 11.6 Å². The molecule has 0 aromatic carbocycles. The number of sulfone groups is 1. The van der Waals surface area contributed by atoms with Crippen molar-refractivity contribution in [2.75, 3.05) is 11.5 Å². The van der Waals surface area contributed by atoms with Gasteiger partial charge in [0.2, 0.25) is 0 Å². The molecule has 90 valence electrons. The molecule has 6 nitrogen and oxygen atoms in total. The second-order valence-corrected chi connectivity index (χ2v) is 6.05. The quantitative estimate of drug-likeness (QED) is 0.805. The van der Waals surface area contributed by atoms with E-state index in [0.29, 0.717) is 0 Å². The number of rotatable bonds is 4. The molecule has 1 aromatic heterocycles. The summed E-state index contributed by atoms with van der Waals surface area (Å²) in [6.45, 7) is 1.50. The van der Waals surface area contributed by atoms with Crippen molar-refractivity contribution in [1.29, 1.82) is 0 Å². The first-order valence-corrected chi connectivity index (χ1v) is 6.75. The van der Waals surface area contributed by atoms with Gasteiger partial charge >= 0.3 is 5.69 Å². The van der Waals surface area contributed by atoms with Crippen molar-refractivity contribution in [3.05, 3.63) is 32.1 Å². The standard InChI is InChI=1S/C8H11ClN2O4S/c1-2-16(14,15)4-3-11-5-6(9)7(12)10-8(11)13/h5H,2-4H2,1H3,(H,10,12,13).